The van der Waals surface area contributed by atoms with E-state index in [4.69, 9.17) is 9.47 Å². The van der Waals surface area contributed by atoms with Gasteiger partial charge in [-0.2, -0.15) is 0 Å². The summed E-state index contributed by atoms with van der Waals surface area (Å²) in [5, 5.41) is 0. The second-order valence-electron chi connectivity index (χ2n) is 24.4. The van der Waals surface area contributed by atoms with Gasteiger partial charge >= 0.3 is 0 Å². The van der Waals surface area contributed by atoms with Gasteiger partial charge < -0.3 is 9.47 Å². The summed E-state index contributed by atoms with van der Waals surface area (Å²) in [4.78, 5) is 0. The van der Waals surface area contributed by atoms with Crippen LogP contribution in [0.2, 0.25) is 0 Å². The number of allylic oxidation sites excluding steroid dienone is 4. The minimum Gasteiger partial charge on any atom is -0.482 e. The van der Waals surface area contributed by atoms with Gasteiger partial charge in [0.05, 0.1) is 0 Å². The van der Waals surface area contributed by atoms with Crippen LogP contribution < -0.4 is 9.47 Å². The summed E-state index contributed by atoms with van der Waals surface area (Å²) in [5.41, 5.74) is 16.4. The number of fused-ring (bicyclic) bond motifs is 12. The first kappa shape index (κ1) is 49.2. The lowest BCUT2D eigenvalue weighted by Crippen LogP contribution is -2.68. The van der Waals surface area contributed by atoms with Crippen LogP contribution in [-0.2, 0) is 32.1 Å². The summed E-state index contributed by atoms with van der Waals surface area (Å²) in [7, 11) is 0. The summed E-state index contributed by atoms with van der Waals surface area (Å²) >= 11 is 0. The molecule has 0 amide bonds. The van der Waals surface area contributed by atoms with Crippen molar-refractivity contribution in [1.29, 1.82) is 0 Å². The molecule has 2 aliphatic heterocycles. The van der Waals surface area contributed by atoms with Crippen LogP contribution in [0.4, 0.5) is 0 Å². The lowest BCUT2D eigenvalue weighted by atomic mass is 9.52. The summed E-state index contributed by atoms with van der Waals surface area (Å²) in [6.07, 6.45) is 20.9. The molecule has 76 heavy (non-hydrogen) atoms. The first-order valence-corrected chi connectivity index (χ1v) is 29.7. The van der Waals surface area contributed by atoms with Crippen LogP contribution in [0.5, 0.6) is 11.5 Å². The van der Waals surface area contributed by atoms with Gasteiger partial charge in [0.1, 0.15) is 11.5 Å². The molecule has 7 aromatic rings. The topological polar surface area (TPSA) is 18.5 Å². The summed E-state index contributed by atoms with van der Waals surface area (Å²) in [5.74, 6) is 5.82. The molecule has 386 valence electrons. The van der Waals surface area contributed by atoms with Gasteiger partial charge in [0.15, 0.2) is 11.2 Å². The van der Waals surface area contributed by atoms with E-state index in [9.17, 15) is 0 Å². The van der Waals surface area contributed by atoms with Crippen LogP contribution >= 0.6 is 0 Å². The number of hydrogen-bond donors (Lipinski definition) is 0. The predicted octanol–water partition coefficient (Wildman–Crippen LogP) is 18.4. The molecule has 2 nitrogen and oxygen atoms in total. The Morgan fingerprint density at radius 3 is 1.79 bits per heavy atom. The summed E-state index contributed by atoms with van der Waals surface area (Å²) in [6, 6.07) is 67.1. The van der Waals surface area contributed by atoms with E-state index in [1.807, 2.05) is 0 Å². The third kappa shape index (κ3) is 8.90. The fourth-order valence-corrected chi connectivity index (χ4v) is 16.6. The molecule has 13 rings (SSSR count). The van der Waals surface area contributed by atoms with Crippen molar-refractivity contribution >= 4 is 5.57 Å². The van der Waals surface area contributed by atoms with Gasteiger partial charge in [-0.1, -0.05) is 227 Å². The van der Waals surface area contributed by atoms with Crippen molar-refractivity contribution in [3.63, 3.8) is 0 Å². The number of hydrogen-bond acceptors (Lipinski definition) is 2. The van der Waals surface area contributed by atoms with Gasteiger partial charge in [0.2, 0.25) is 0 Å². The Morgan fingerprint density at radius 1 is 0.500 bits per heavy atom. The molecule has 0 aromatic heterocycles. The molecule has 7 aromatic carbocycles. The van der Waals surface area contributed by atoms with Crippen molar-refractivity contribution in [2.45, 2.75) is 140 Å². The molecule has 6 aliphatic rings. The zero-order valence-electron chi connectivity index (χ0n) is 45.4. The van der Waals surface area contributed by atoms with Gasteiger partial charge in [-0.25, -0.2) is 0 Å². The van der Waals surface area contributed by atoms with Crippen molar-refractivity contribution in [2.24, 2.45) is 35.5 Å². The molecule has 2 heterocycles. The minimum absolute atomic E-state index is 0.120. The molecule has 4 bridgehead atoms. The lowest BCUT2D eigenvalue weighted by Gasteiger charge is -2.59. The highest BCUT2D eigenvalue weighted by molar-refractivity contribution is 5.83. The predicted molar refractivity (Wildman–Crippen MR) is 314 cm³/mol. The zero-order chi connectivity index (χ0) is 51.2. The summed E-state index contributed by atoms with van der Waals surface area (Å²) in [6.45, 7) is 7.68. The van der Waals surface area contributed by atoms with Crippen molar-refractivity contribution in [3.8, 4) is 22.6 Å². The quantitative estimate of drug-likeness (QED) is 0.134. The largest absolute Gasteiger partial charge is 0.482 e. The minimum atomic E-state index is -0.766. The molecule has 0 spiro atoms. The molecule has 0 radical (unpaired) electrons. The standard InChI is InChI=1S/C74H78O2/c1-4-58(61-35-17-16-33-59(61)54-28-12-7-13-29-54)66-40-23-32-57-44-51(3)70-49-74(76-72(57)66,47-53-26-10-6-11-27-53)73(46-52-24-8-5-9-25-52)48-69(64-38-20-21-39-65(64)70)50(2)42-43-55-31-22-41-67(71(55)75-73)68-45-56-30-14-15-34-60(56)62-36-18-19-37-63(62)68/h5-18,22-36,40-41,50-51,58,64-65,68-70H,4,19-21,37-39,42-49H2,1-3H3. The van der Waals surface area contributed by atoms with E-state index in [0.29, 0.717) is 35.5 Å². The molecule has 10 unspecified atom stereocenters. The first-order chi connectivity index (χ1) is 37.4. The Labute approximate surface area is 454 Å². The van der Waals surface area contributed by atoms with E-state index in [2.05, 4.69) is 209 Å². The number of para-hydroxylation sites is 2. The third-order valence-corrected chi connectivity index (χ3v) is 20.3. The molecule has 2 saturated carbocycles. The van der Waals surface area contributed by atoms with E-state index in [1.54, 1.807) is 5.57 Å². The second-order valence-corrected chi connectivity index (χ2v) is 24.4. The first-order valence-electron chi connectivity index (χ1n) is 29.7. The molecule has 0 saturated heterocycles. The maximum absolute atomic E-state index is 8.93. The molecule has 2 heteroatoms. The van der Waals surface area contributed by atoms with Gasteiger partial charge in [-0.15, -0.1) is 0 Å². The van der Waals surface area contributed by atoms with Crippen molar-refractivity contribution in [1.82, 2.24) is 0 Å². The number of rotatable bonds is 9. The van der Waals surface area contributed by atoms with E-state index >= 15 is 0 Å². The van der Waals surface area contributed by atoms with E-state index in [1.165, 1.54) is 92.5 Å². The normalized spacial score (nSPS) is 28.0. The molecule has 10 atom stereocenters. The maximum atomic E-state index is 8.93. The molecule has 0 N–H and O–H groups in total. The van der Waals surface area contributed by atoms with Gasteiger partial charge in [-0.3, -0.25) is 0 Å². The maximum Gasteiger partial charge on any atom is 0.153 e. The van der Waals surface area contributed by atoms with Crippen LogP contribution in [0.3, 0.4) is 0 Å². The highest BCUT2D eigenvalue weighted by Gasteiger charge is 2.63. The van der Waals surface area contributed by atoms with Crippen LogP contribution in [0.1, 0.15) is 147 Å². The second kappa shape index (κ2) is 20.9. The molecule has 4 aliphatic carbocycles. The van der Waals surface area contributed by atoms with Crippen molar-refractivity contribution in [3.05, 3.63) is 244 Å². The Balaban J connectivity index is 1.09. The monoisotopic (exact) mass is 999 g/mol. The van der Waals surface area contributed by atoms with Crippen LogP contribution in [0, 0.1) is 35.5 Å². The average molecular weight is 999 g/mol. The Hall–Kier alpha value is -6.38. The summed E-state index contributed by atoms with van der Waals surface area (Å²) < 4.78 is 17.8. The fourth-order valence-electron chi connectivity index (χ4n) is 16.6. The van der Waals surface area contributed by atoms with Crippen molar-refractivity contribution in [2.75, 3.05) is 0 Å². The van der Waals surface area contributed by atoms with Crippen LogP contribution in [0.25, 0.3) is 16.7 Å². The SMILES string of the molecule is CCC(c1ccccc1-c1ccccc1)c1cccc2c1OC1(Cc3ccccc3)CC(C(C)C2)C2CCCCC2C2CC1(Cc1ccccc1)Oc1c(cccc1C1Cc3ccccc3C3=C1CCC=C3)CCC2C. The van der Waals surface area contributed by atoms with Gasteiger partial charge in [-0.05, 0) is 162 Å². The lowest BCUT2D eigenvalue weighted by molar-refractivity contribution is -0.173. The third-order valence-electron chi connectivity index (χ3n) is 20.3. The van der Waals surface area contributed by atoms with Crippen LogP contribution in [0.15, 0.2) is 194 Å². The Morgan fingerprint density at radius 2 is 1.08 bits per heavy atom. The van der Waals surface area contributed by atoms with E-state index in [0.717, 1.165) is 82.1 Å². The van der Waals surface area contributed by atoms with Crippen molar-refractivity contribution < 1.29 is 9.47 Å². The Bertz CT molecular complexity index is 3240. The molecular formula is C74H78O2. The van der Waals surface area contributed by atoms with Gasteiger partial charge in [0.25, 0.3) is 0 Å². The molecular weight excluding hydrogens is 921 g/mol. The van der Waals surface area contributed by atoms with E-state index in [-0.39, 0.29) is 11.8 Å². The zero-order valence-corrected chi connectivity index (χ0v) is 45.4. The fraction of sp³-hybridized carbons (Fsp3) is 0.378. The Kier molecular flexibility index (Phi) is 13.5. The number of benzene rings is 7. The highest BCUT2D eigenvalue weighted by Crippen LogP contribution is 2.61. The van der Waals surface area contributed by atoms with Crippen LogP contribution in [-0.4, -0.2) is 11.2 Å². The number of ether oxygens (including phenoxy) is 2. The average Bonchev–Trinajstić information content (AvgIpc) is 3.64. The number of aryl methyl sites for hydroxylation is 1. The van der Waals surface area contributed by atoms with E-state index < -0.39 is 11.2 Å². The molecule has 2 fully saturated rings. The smallest absolute Gasteiger partial charge is 0.153 e. The highest BCUT2D eigenvalue weighted by atomic mass is 16.6. The van der Waals surface area contributed by atoms with Gasteiger partial charge in [0, 0.05) is 35.8 Å².